The van der Waals surface area contributed by atoms with E-state index >= 15 is 0 Å². The van der Waals surface area contributed by atoms with Crippen LogP contribution in [0.25, 0.3) is 0 Å². The van der Waals surface area contributed by atoms with Gasteiger partial charge in [0.1, 0.15) is 0 Å². The lowest BCUT2D eigenvalue weighted by atomic mass is 10.1. The third kappa shape index (κ3) is 5.89. The molecule has 0 spiro atoms. The molecule has 1 N–H and O–H groups in total. The molecular weight excluding hydrogens is 408 g/mol. The number of hydrogen-bond acceptors (Lipinski definition) is 5. The summed E-state index contributed by atoms with van der Waals surface area (Å²) in [5.41, 5.74) is 2.36. The number of nitrogens with one attached hydrogen (secondary N) is 1. The van der Waals surface area contributed by atoms with Crippen molar-refractivity contribution in [2.75, 3.05) is 46.4 Å². The topological polar surface area (TPSA) is 79.5 Å². The van der Waals surface area contributed by atoms with Crippen molar-refractivity contribution < 1.29 is 18.7 Å². The van der Waals surface area contributed by atoms with E-state index in [0.29, 0.717) is 38.1 Å². The van der Waals surface area contributed by atoms with Gasteiger partial charge in [0.2, 0.25) is 0 Å². The fourth-order valence-electron chi connectivity index (χ4n) is 4.08. The van der Waals surface area contributed by atoms with E-state index in [1.54, 1.807) is 19.2 Å². The first kappa shape index (κ1) is 22.4. The summed E-state index contributed by atoms with van der Waals surface area (Å²) in [5, 5.41) is 3.46. The molecule has 1 aromatic heterocycles. The standard InChI is InChI=1S/C24H32N4O4/c1-25-24(28-11-9-27(10-12-28)23(29)22-6-3-13-31-22)26-17-19-4-2-5-20(16-19)18-32-21-7-14-30-15-8-21/h2-6,13,16,21H,7-12,14-15,17-18H2,1H3,(H,25,26). The Kier molecular flexibility index (Phi) is 7.79. The summed E-state index contributed by atoms with van der Waals surface area (Å²) in [4.78, 5) is 20.9. The molecule has 0 atom stereocenters. The molecule has 8 nitrogen and oxygen atoms in total. The van der Waals surface area contributed by atoms with Crippen LogP contribution in [0.1, 0.15) is 34.5 Å². The molecule has 172 valence electrons. The second kappa shape index (κ2) is 11.2. The third-order valence-electron chi connectivity index (χ3n) is 5.91. The van der Waals surface area contributed by atoms with Gasteiger partial charge in [0, 0.05) is 53.0 Å². The Morgan fingerprint density at radius 1 is 1.09 bits per heavy atom. The first-order valence-electron chi connectivity index (χ1n) is 11.3. The van der Waals surface area contributed by atoms with E-state index in [-0.39, 0.29) is 5.91 Å². The number of carbonyl (C=O) groups excluding carboxylic acids is 1. The van der Waals surface area contributed by atoms with Crippen molar-refractivity contribution in [3.63, 3.8) is 0 Å². The quantitative estimate of drug-likeness (QED) is 0.549. The minimum absolute atomic E-state index is 0.0580. The molecule has 0 aliphatic carbocycles. The van der Waals surface area contributed by atoms with Gasteiger partial charge in [-0.3, -0.25) is 9.79 Å². The highest BCUT2D eigenvalue weighted by Crippen LogP contribution is 2.15. The van der Waals surface area contributed by atoms with E-state index in [0.717, 1.165) is 45.1 Å². The van der Waals surface area contributed by atoms with Crippen molar-refractivity contribution in [3.8, 4) is 0 Å². The van der Waals surface area contributed by atoms with Crippen LogP contribution < -0.4 is 5.32 Å². The largest absolute Gasteiger partial charge is 0.459 e. The van der Waals surface area contributed by atoms with E-state index in [1.165, 1.54) is 17.4 Å². The first-order chi connectivity index (χ1) is 15.7. The number of amides is 1. The monoisotopic (exact) mass is 440 g/mol. The maximum absolute atomic E-state index is 12.5. The zero-order valence-corrected chi connectivity index (χ0v) is 18.7. The summed E-state index contributed by atoms with van der Waals surface area (Å²) in [6.45, 7) is 5.62. The lowest BCUT2D eigenvalue weighted by Crippen LogP contribution is -2.53. The number of nitrogens with zero attached hydrogens (tertiary/aromatic N) is 3. The first-order valence-corrected chi connectivity index (χ1v) is 11.3. The van der Waals surface area contributed by atoms with Gasteiger partial charge in [-0.25, -0.2) is 0 Å². The molecule has 2 aliphatic rings. The van der Waals surface area contributed by atoms with Gasteiger partial charge in [0.25, 0.3) is 5.91 Å². The lowest BCUT2D eigenvalue weighted by Gasteiger charge is -2.36. The Labute approximate surface area is 189 Å². The van der Waals surface area contributed by atoms with Crippen LogP contribution in [-0.2, 0) is 22.6 Å². The fraction of sp³-hybridized carbons (Fsp3) is 0.500. The van der Waals surface area contributed by atoms with Gasteiger partial charge >= 0.3 is 0 Å². The smallest absolute Gasteiger partial charge is 0.289 e. The average molecular weight is 441 g/mol. The molecule has 1 amide bonds. The van der Waals surface area contributed by atoms with Crippen LogP contribution >= 0.6 is 0 Å². The van der Waals surface area contributed by atoms with Crippen molar-refractivity contribution in [3.05, 3.63) is 59.5 Å². The van der Waals surface area contributed by atoms with Crippen LogP contribution in [0.15, 0.2) is 52.1 Å². The molecule has 0 unspecified atom stereocenters. The maximum Gasteiger partial charge on any atom is 0.289 e. The highest BCUT2D eigenvalue weighted by atomic mass is 16.5. The minimum Gasteiger partial charge on any atom is -0.459 e. The van der Waals surface area contributed by atoms with Crippen molar-refractivity contribution in [2.24, 2.45) is 4.99 Å². The fourth-order valence-corrected chi connectivity index (χ4v) is 4.08. The van der Waals surface area contributed by atoms with Gasteiger partial charge in [0.15, 0.2) is 11.7 Å². The molecule has 8 heteroatoms. The highest BCUT2D eigenvalue weighted by molar-refractivity contribution is 5.91. The highest BCUT2D eigenvalue weighted by Gasteiger charge is 2.25. The second-order valence-electron chi connectivity index (χ2n) is 8.10. The van der Waals surface area contributed by atoms with Gasteiger partial charge in [-0.05, 0) is 36.1 Å². The zero-order chi connectivity index (χ0) is 22.2. The van der Waals surface area contributed by atoms with E-state index in [1.807, 2.05) is 4.90 Å². The van der Waals surface area contributed by atoms with Crippen LogP contribution in [0.4, 0.5) is 0 Å². The normalized spacial score (nSPS) is 18.1. The van der Waals surface area contributed by atoms with Crippen LogP contribution in [0.2, 0.25) is 0 Å². The summed E-state index contributed by atoms with van der Waals surface area (Å²) in [6.07, 6.45) is 3.76. The summed E-state index contributed by atoms with van der Waals surface area (Å²) >= 11 is 0. The number of furan rings is 1. The van der Waals surface area contributed by atoms with Gasteiger partial charge in [-0.2, -0.15) is 0 Å². The number of ether oxygens (including phenoxy) is 2. The van der Waals surface area contributed by atoms with Gasteiger partial charge in [-0.15, -0.1) is 0 Å². The van der Waals surface area contributed by atoms with Crippen molar-refractivity contribution in [1.29, 1.82) is 0 Å². The predicted molar refractivity (Wildman–Crippen MR) is 121 cm³/mol. The zero-order valence-electron chi connectivity index (χ0n) is 18.7. The number of hydrogen-bond donors (Lipinski definition) is 1. The molecule has 2 saturated heterocycles. The molecule has 2 fully saturated rings. The van der Waals surface area contributed by atoms with Gasteiger partial charge < -0.3 is 29.0 Å². The maximum atomic E-state index is 12.5. The van der Waals surface area contributed by atoms with Crippen molar-refractivity contribution in [1.82, 2.24) is 15.1 Å². The Morgan fingerprint density at radius 2 is 1.84 bits per heavy atom. The number of guanidine groups is 1. The van der Waals surface area contributed by atoms with E-state index in [9.17, 15) is 4.79 Å². The number of aliphatic imine (C=N–C) groups is 1. The van der Waals surface area contributed by atoms with E-state index in [2.05, 4.69) is 39.5 Å². The van der Waals surface area contributed by atoms with Gasteiger partial charge in [0.05, 0.1) is 19.0 Å². The number of benzene rings is 1. The molecule has 2 aliphatic heterocycles. The van der Waals surface area contributed by atoms with Crippen LogP contribution in [-0.4, -0.2) is 74.2 Å². The summed E-state index contributed by atoms with van der Waals surface area (Å²) < 4.78 is 16.7. The van der Waals surface area contributed by atoms with E-state index < -0.39 is 0 Å². The van der Waals surface area contributed by atoms with Crippen LogP contribution in [0.3, 0.4) is 0 Å². The molecule has 1 aromatic carbocycles. The van der Waals surface area contributed by atoms with E-state index in [4.69, 9.17) is 13.9 Å². The van der Waals surface area contributed by atoms with Gasteiger partial charge in [-0.1, -0.05) is 24.3 Å². The molecular formula is C24H32N4O4. The Morgan fingerprint density at radius 3 is 2.56 bits per heavy atom. The molecule has 2 aromatic rings. The second-order valence-corrected chi connectivity index (χ2v) is 8.10. The minimum atomic E-state index is -0.0580. The average Bonchev–Trinajstić information content (AvgIpc) is 3.39. The van der Waals surface area contributed by atoms with Crippen molar-refractivity contribution >= 4 is 11.9 Å². The molecule has 0 saturated carbocycles. The number of piperazine rings is 1. The van der Waals surface area contributed by atoms with Crippen LogP contribution in [0, 0.1) is 0 Å². The number of rotatable bonds is 6. The third-order valence-corrected chi connectivity index (χ3v) is 5.91. The molecule has 0 bridgehead atoms. The summed E-state index contributed by atoms with van der Waals surface area (Å²) in [5.74, 6) is 1.18. The Hall–Kier alpha value is -2.84. The molecule has 4 rings (SSSR count). The predicted octanol–water partition coefficient (Wildman–Crippen LogP) is 2.51. The Bertz CT molecular complexity index is 885. The van der Waals surface area contributed by atoms with Crippen LogP contribution in [0.5, 0.6) is 0 Å². The molecule has 0 radical (unpaired) electrons. The summed E-state index contributed by atoms with van der Waals surface area (Å²) in [6, 6.07) is 11.9. The molecule has 32 heavy (non-hydrogen) atoms. The lowest BCUT2D eigenvalue weighted by molar-refractivity contribution is -0.0390. The van der Waals surface area contributed by atoms with Crippen molar-refractivity contribution in [2.45, 2.75) is 32.1 Å². The number of carbonyl (C=O) groups is 1. The SMILES string of the molecule is CN=C(NCc1cccc(COC2CCOCC2)c1)N1CCN(C(=O)c2ccco2)CC1. The Balaban J connectivity index is 1.24. The molecule has 3 heterocycles. The summed E-state index contributed by atoms with van der Waals surface area (Å²) in [7, 11) is 1.79.